The number of halogens is 1. The van der Waals surface area contributed by atoms with Gasteiger partial charge < -0.3 is 5.32 Å². The van der Waals surface area contributed by atoms with E-state index in [9.17, 15) is 14.5 Å². The second-order valence-electron chi connectivity index (χ2n) is 4.37. The lowest BCUT2D eigenvalue weighted by Crippen LogP contribution is -2.29. The molecule has 1 aliphatic carbocycles. The van der Waals surface area contributed by atoms with Crippen molar-refractivity contribution in [1.29, 1.82) is 0 Å². The molecule has 1 aliphatic rings. The summed E-state index contributed by atoms with van der Waals surface area (Å²) in [4.78, 5) is 9.92. The number of benzene rings is 1. The number of nitro groups is 1. The van der Waals surface area contributed by atoms with Crippen LogP contribution < -0.4 is 5.32 Å². The van der Waals surface area contributed by atoms with Gasteiger partial charge in [0.1, 0.15) is 0 Å². The maximum absolute atomic E-state index is 13.8. The Labute approximate surface area is 105 Å². The Morgan fingerprint density at radius 1 is 1.44 bits per heavy atom. The molecule has 0 bridgehead atoms. The predicted molar refractivity (Wildman–Crippen MR) is 66.7 cm³/mol. The minimum atomic E-state index is -0.735. The van der Waals surface area contributed by atoms with Crippen LogP contribution in [-0.4, -0.2) is 11.0 Å². The number of rotatable bonds is 4. The lowest BCUT2D eigenvalue weighted by molar-refractivity contribution is -0.387. The number of nitrogens with zero attached hydrogens (tertiary/aromatic N) is 1. The number of nitro benzene ring substituents is 1. The summed E-state index contributed by atoms with van der Waals surface area (Å²) in [6.07, 6.45) is 7.20. The molecule has 1 atom stereocenters. The molecule has 1 unspecified atom stereocenters. The molecule has 0 heterocycles. The van der Waals surface area contributed by atoms with Crippen LogP contribution in [0.3, 0.4) is 0 Å². The molecule has 1 aromatic carbocycles. The van der Waals surface area contributed by atoms with Crippen molar-refractivity contribution in [2.45, 2.75) is 31.8 Å². The highest BCUT2D eigenvalue weighted by Crippen LogP contribution is 2.20. The van der Waals surface area contributed by atoms with Crippen LogP contribution in [-0.2, 0) is 6.54 Å². The summed E-state index contributed by atoms with van der Waals surface area (Å²) in [5, 5.41) is 13.8. The molecule has 0 aliphatic heterocycles. The van der Waals surface area contributed by atoms with Crippen molar-refractivity contribution in [3.05, 3.63) is 51.8 Å². The van der Waals surface area contributed by atoms with Crippen molar-refractivity contribution in [2.75, 3.05) is 0 Å². The standard InChI is InChI=1S/C13H15FN2O2/c14-13-10(5-4-8-12(13)16(17)18)9-15-11-6-2-1-3-7-11/h1-2,4-5,8,11,15H,3,6-7,9H2. The topological polar surface area (TPSA) is 55.2 Å². The molecule has 0 saturated heterocycles. The summed E-state index contributed by atoms with van der Waals surface area (Å²) in [5.41, 5.74) is -0.114. The fraction of sp³-hybridized carbons (Fsp3) is 0.385. The van der Waals surface area contributed by atoms with Crippen molar-refractivity contribution in [3.8, 4) is 0 Å². The van der Waals surface area contributed by atoms with Crippen LogP contribution in [0.15, 0.2) is 30.4 Å². The van der Waals surface area contributed by atoms with E-state index in [0.29, 0.717) is 18.2 Å². The third-order valence-corrected chi connectivity index (χ3v) is 3.11. The van der Waals surface area contributed by atoms with Crippen LogP contribution in [0.25, 0.3) is 0 Å². The fourth-order valence-corrected chi connectivity index (χ4v) is 2.08. The second kappa shape index (κ2) is 5.73. The summed E-state index contributed by atoms with van der Waals surface area (Å²) in [6, 6.07) is 4.60. The molecular formula is C13H15FN2O2. The highest BCUT2D eigenvalue weighted by molar-refractivity contribution is 5.36. The van der Waals surface area contributed by atoms with Crippen LogP contribution in [0.4, 0.5) is 10.1 Å². The normalized spacial score (nSPS) is 18.8. The van der Waals surface area contributed by atoms with E-state index >= 15 is 0 Å². The van der Waals surface area contributed by atoms with Gasteiger partial charge in [0.2, 0.25) is 5.82 Å². The first kappa shape index (κ1) is 12.7. The van der Waals surface area contributed by atoms with Gasteiger partial charge in [0, 0.05) is 24.2 Å². The first-order chi connectivity index (χ1) is 8.68. The Morgan fingerprint density at radius 3 is 2.94 bits per heavy atom. The zero-order valence-electron chi connectivity index (χ0n) is 9.93. The maximum Gasteiger partial charge on any atom is 0.305 e. The smallest absolute Gasteiger partial charge is 0.305 e. The molecule has 2 rings (SSSR count). The first-order valence-corrected chi connectivity index (χ1v) is 5.98. The minimum absolute atomic E-state index is 0.325. The van der Waals surface area contributed by atoms with E-state index in [1.54, 1.807) is 6.07 Å². The Bertz CT molecular complexity index is 474. The summed E-state index contributed by atoms with van der Waals surface area (Å²) < 4.78 is 13.8. The second-order valence-corrected chi connectivity index (χ2v) is 4.37. The zero-order chi connectivity index (χ0) is 13.0. The molecule has 1 N–H and O–H groups in total. The fourth-order valence-electron chi connectivity index (χ4n) is 2.08. The van der Waals surface area contributed by atoms with Gasteiger partial charge in [-0.2, -0.15) is 4.39 Å². The molecule has 5 heteroatoms. The molecule has 1 aromatic rings. The lowest BCUT2D eigenvalue weighted by Gasteiger charge is -2.19. The highest BCUT2D eigenvalue weighted by Gasteiger charge is 2.17. The number of nitrogens with one attached hydrogen (secondary N) is 1. The number of hydrogen-bond acceptors (Lipinski definition) is 3. The summed E-state index contributed by atoms with van der Waals surface area (Å²) in [5.74, 6) is -0.735. The van der Waals surface area contributed by atoms with E-state index in [2.05, 4.69) is 17.5 Å². The summed E-state index contributed by atoms with van der Waals surface area (Å²) in [7, 11) is 0. The molecule has 0 radical (unpaired) electrons. The van der Waals surface area contributed by atoms with Crippen molar-refractivity contribution in [2.24, 2.45) is 0 Å². The minimum Gasteiger partial charge on any atom is -0.309 e. The van der Waals surface area contributed by atoms with E-state index in [1.807, 2.05) is 0 Å². The van der Waals surface area contributed by atoms with Gasteiger partial charge in [-0.1, -0.05) is 24.3 Å². The molecule has 96 valence electrons. The van der Waals surface area contributed by atoms with Gasteiger partial charge in [-0.25, -0.2) is 0 Å². The first-order valence-electron chi connectivity index (χ1n) is 5.98. The molecule has 0 saturated carbocycles. The Kier molecular flexibility index (Phi) is 4.04. The van der Waals surface area contributed by atoms with Gasteiger partial charge >= 0.3 is 5.69 Å². The van der Waals surface area contributed by atoms with Crippen LogP contribution in [0, 0.1) is 15.9 Å². The van der Waals surface area contributed by atoms with Gasteiger partial charge in [-0.05, 0) is 19.3 Å². The average Bonchev–Trinajstić information content (AvgIpc) is 2.38. The summed E-state index contributed by atoms with van der Waals surface area (Å²) in [6.45, 7) is 0.325. The number of hydrogen-bond donors (Lipinski definition) is 1. The predicted octanol–water partition coefficient (Wildman–Crippen LogP) is 2.93. The van der Waals surface area contributed by atoms with Crippen LogP contribution in [0.5, 0.6) is 0 Å². The van der Waals surface area contributed by atoms with Crippen LogP contribution >= 0.6 is 0 Å². The lowest BCUT2D eigenvalue weighted by atomic mass is 10.0. The molecule has 0 amide bonds. The van der Waals surface area contributed by atoms with Crippen molar-refractivity contribution in [1.82, 2.24) is 5.32 Å². The number of allylic oxidation sites excluding steroid dienone is 1. The van der Waals surface area contributed by atoms with Crippen LogP contribution in [0.2, 0.25) is 0 Å². The van der Waals surface area contributed by atoms with Gasteiger partial charge in [0.05, 0.1) is 4.92 Å². The molecule has 0 spiro atoms. The average molecular weight is 250 g/mol. The molecule has 18 heavy (non-hydrogen) atoms. The van der Waals surface area contributed by atoms with Crippen molar-refractivity contribution < 1.29 is 9.31 Å². The molecule has 0 fully saturated rings. The Hall–Kier alpha value is -1.75. The molecular weight excluding hydrogens is 235 g/mol. The molecule has 4 nitrogen and oxygen atoms in total. The van der Waals surface area contributed by atoms with Gasteiger partial charge in [0.15, 0.2) is 0 Å². The van der Waals surface area contributed by atoms with Crippen LogP contribution in [0.1, 0.15) is 24.8 Å². The quantitative estimate of drug-likeness (QED) is 0.508. The van der Waals surface area contributed by atoms with Crippen molar-refractivity contribution >= 4 is 5.69 Å². The maximum atomic E-state index is 13.8. The zero-order valence-corrected chi connectivity index (χ0v) is 9.93. The molecule has 0 aromatic heterocycles. The highest BCUT2D eigenvalue weighted by atomic mass is 19.1. The van der Waals surface area contributed by atoms with Gasteiger partial charge in [-0.3, -0.25) is 10.1 Å². The van der Waals surface area contributed by atoms with Gasteiger partial charge in [-0.15, -0.1) is 0 Å². The summed E-state index contributed by atoms with van der Waals surface area (Å²) >= 11 is 0. The third kappa shape index (κ3) is 2.92. The monoisotopic (exact) mass is 250 g/mol. The van der Waals surface area contributed by atoms with E-state index < -0.39 is 16.4 Å². The third-order valence-electron chi connectivity index (χ3n) is 3.11. The SMILES string of the molecule is O=[N+]([O-])c1cccc(CNC2CC=CCC2)c1F. The van der Waals surface area contributed by atoms with Crippen molar-refractivity contribution in [3.63, 3.8) is 0 Å². The van der Waals surface area contributed by atoms with E-state index in [-0.39, 0.29) is 0 Å². The van der Waals surface area contributed by atoms with E-state index in [0.717, 1.165) is 19.3 Å². The Balaban J connectivity index is 2.03. The van der Waals surface area contributed by atoms with Gasteiger partial charge in [0.25, 0.3) is 0 Å². The largest absolute Gasteiger partial charge is 0.309 e. The van der Waals surface area contributed by atoms with E-state index in [1.165, 1.54) is 12.1 Å². The Morgan fingerprint density at radius 2 is 2.28 bits per heavy atom. The van der Waals surface area contributed by atoms with E-state index in [4.69, 9.17) is 0 Å².